The summed E-state index contributed by atoms with van der Waals surface area (Å²) in [5.74, 6) is 1.43. The summed E-state index contributed by atoms with van der Waals surface area (Å²) in [6, 6.07) is 4.06. The molecular formula is C14H21N3. The van der Waals surface area contributed by atoms with Crippen LogP contribution in [0.3, 0.4) is 0 Å². The van der Waals surface area contributed by atoms with E-state index in [1.807, 2.05) is 25.3 Å². The lowest BCUT2D eigenvalue weighted by molar-refractivity contribution is 0.767. The Kier molecular flexibility index (Phi) is 3.48. The summed E-state index contributed by atoms with van der Waals surface area (Å²) in [5, 5.41) is 3.45. The molecule has 1 aromatic heterocycles. The van der Waals surface area contributed by atoms with Crippen LogP contribution in [-0.2, 0) is 0 Å². The number of nitrogens with one attached hydrogen (secondary N) is 1. The van der Waals surface area contributed by atoms with Crippen LogP contribution >= 0.6 is 0 Å². The van der Waals surface area contributed by atoms with Crippen LogP contribution in [0.15, 0.2) is 29.6 Å². The Labute approximate surface area is 103 Å². The highest BCUT2D eigenvalue weighted by Gasteiger charge is 2.20. The minimum atomic E-state index is 0.0506. The van der Waals surface area contributed by atoms with Gasteiger partial charge in [-0.25, -0.2) is 4.98 Å². The fourth-order valence-corrected chi connectivity index (χ4v) is 1.91. The van der Waals surface area contributed by atoms with E-state index in [1.54, 1.807) is 0 Å². The van der Waals surface area contributed by atoms with E-state index in [9.17, 15) is 0 Å². The Bertz CT molecular complexity index is 427. The molecule has 92 valence electrons. The first-order valence-corrected chi connectivity index (χ1v) is 6.28. The van der Waals surface area contributed by atoms with Crippen LogP contribution < -0.4 is 11.1 Å². The molecule has 0 amide bonds. The lowest BCUT2D eigenvalue weighted by Gasteiger charge is -2.15. The highest BCUT2D eigenvalue weighted by atomic mass is 15.0. The van der Waals surface area contributed by atoms with Crippen molar-refractivity contribution in [1.82, 2.24) is 4.98 Å². The van der Waals surface area contributed by atoms with Gasteiger partial charge in [0.25, 0.3) is 0 Å². The Morgan fingerprint density at radius 2 is 2.06 bits per heavy atom. The van der Waals surface area contributed by atoms with Gasteiger partial charge in [-0.2, -0.15) is 0 Å². The maximum Gasteiger partial charge on any atom is 0.130 e. The Morgan fingerprint density at radius 3 is 2.59 bits per heavy atom. The number of pyridine rings is 1. The number of nitrogens with zero attached hydrogens (tertiary/aromatic N) is 1. The van der Waals surface area contributed by atoms with Crippen molar-refractivity contribution < 1.29 is 0 Å². The predicted octanol–water partition coefficient (Wildman–Crippen LogP) is 3.22. The largest absolute Gasteiger partial charge is 0.344 e. The zero-order valence-corrected chi connectivity index (χ0v) is 10.8. The van der Waals surface area contributed by atoms with Gasteiger partial charge in [0, 0.05) is 17.9 Å². The molecule has 3 nitrogen and oxygen atoms in total. The molecule has 3 heteroatoms. The Morgan fingerprint density at radius 1 is 1.35 bits per heavy atom. The van der Waals surface area contributed by atoms with Crippen molar-refractivity contribution in [2.75, 3.05) is 5.32 Å². The number of aromatic nitrogens is 1. The molecule has 0 aromatic carbocycles. The van der Waals surface area contributed by atoms with Gasteiger partial charge in [0.2, 0.25) is 0 Å². The van der Waals surface area contributed by atoms with Crippen molar-refractivity contribution in [3.05, 3.63) is 35.2 Å². The summed E-state index contributed by atoms with van der Waals surface area (Å²) in [6.45, 7) is 6.41. The maximum atomic E-state index is 5.88. The highest BCUT2D eigenvalue weighted by molar-refractivity contribution is 5.47. The van der Waals surface area contributed by atoms with Gasteiger partial charge in [0.15, 0.2) is 0 Å². The second-order valence-electron chi connectivity index (χ2n) is 5.06. The van der Waals surface area contributed by atoms with Crippen LogP contribution in [0.5, 0.6) is 0 Å². The first-order chi connectivity index (χ1) is 8.08. The number of anilines is 1. The molecule has 1 aliphatic carbocycles. The average molecular weight is 231 g/mol. The van der Waals surface area contributed by atoms with Crippen molar-refractivity contribution in [2.24, 2.45) is 11.7 Å². The molecule has 1 heterocycles. The molecule has 0 aliphatic heterocycles. The zero-order valence-electron chi connectivity index (χ0n) is 10.8. The maximum absolute atomic E-state index is 5.88. The van der Waals surface area contributed by atoms with E-state index in [0.29, 0.717) is 5.92 Å². The van der Waals surface area contributed by atoms with Gasteiger partial charge in [-0.3, -0.25) is 0 Å². The molecular weight excluding hydrogens is 210 g/mol. The van der Waals surface area contributed by atoms with Crippen LogP contribution in [-0.4, -0.2) is 4.98 Å². The van der Waals surface area contributed by atoms with E-state index in [1.165, 1.54) is 24.1 Å². The normalized spacial score (nSPS) is 15.9. The molecule has 0 radical (unpaired) electrons. The van der Waals surface area contributed by atoms with Gasteiger partial charge in [-0.15, -0.1) is 0 Å². The van der Waals surface area contributed by atoms with Crippen LogP contribution in [0.1, 0.15) is 45.2 Å². The molecule has 1 aromatic rings. The first-order valence-electron chi connectivity index (χ1n) is 6.28. The molecule has 1 aliphatic rings. The van der Waals surface area contributed by atoms with E-state index >= 15 is 0 Å². The highest BCUT2D eigenvalue weighted by Crippen LogP contribution is 2.35. The fraction of sp³-hybridized carbons (Fsp3) is 0.500. The third kappa shape index (κ3) is 3.07. The lowest BCUT2D eigenvalue weighted by atomic mass is 10.1. The molecule has 0 bridgehead atoms. The molecule has 0 spiro atoms. The summed E-state index contributed by atoms with van der Waals surface area (Å²) in [5.41, 5.74) is 9.86. The third-order valence-electron chi connectivity index (χ3n) is 3.03. The smallest absolute Gasteiger partial charge is 0.130 e. The molecule has 17 heavy (non-hydrogen) atoms. The number of allylic oxidation sites excluding steroid dienone is 2. The second kappa shape index (κ2) is 4.88. The Hall–Kier alpha value is -1.35. The van der Waals surface area contributed by atoms with Crippen LogP contribution in [0.2, 0.25) is 0 Å². The van der Waals surface area contributed by atoms with Crippen molar-refractivity contribution in [2.45, 2.75) is 39.7 Å². The van der Waals surface area contributed by atoms with E-state index < -0.39 is 0 Å². The van der Waals surface area contributed by atoms with Crippen molar-refractivity contribution in [3.8, 4) is 0 Å². The van der Waals surface area contributed by atoms with Crippen LogP contribution in [0.25, 0.3) is 0 Å². The minimum Gasteiger partial charge on any atom is -0.344 e. The van der Waals surface area contributed by atoms with Gasteiger partial charge in [0.05, 0.1) is 0 Å². The SMILES string of the molecule is CC(C)C(Nc1cc(C(C)N)ccn1)=C1CC1. The van der Waals surface area contributed by atoms with E-state index in [0.717, 1.165) is 11.4 Å². The van der Waals surface area contributed by atoms with Gasteiger partial charge >= 0.3 is 0 Å². The minimum absolute atomic E-state index is 0.0506. The van der Waals surface area contributed by atoms with Crippen LogP contribution in [0.4, 0.5) is 5.82 Å². The van der Waals surface area contributed by atoms with Gasteiger partial charge in [0.1, 0.15) is 5.82 Å². The van der Waals surface area contributed by atoms with Gasteiger partial charge in [-0.1, -0.05) is 13.8 Å². The fourth-order valence-electron chi connectivity index (χ4n) is 1.91. The summed E-state index contributed by atoms with van der Waals surface area (Å²) in [4.78, 5) is 4.35. The van der Waals surface area contributed by atoms with Crippen molar-refractivity contribution >= 4 is 5.82 Å². The topological polar surface area (TPSA) is 50.9 Å². The van der Waals surface area contributed by atoms with Crippen molar-refractivity contribution in [1.29, 1.82) is 0 Å². The summed E-state index contributed by atoms with van der Waals surface area (Å²) < 4.78 is 0. The Balaban J connectivity index is 2.18. The third-order valence-corrected chi connectivity index (χ3v) is 3.03. The molecule has 0 saturated heterocycles. The zero-order chi connectivity index (χ0) is 12.4. The average Bonchev–Trinajstić information content (AvgIpc) is 3.09. The van der Waals surface area contributed by atoms with E-state index in [-0.39, 0.29) is 6.04 Å². The van der Waals surface area contributed by atoms with Crippen LogP contribution in [0, 0.1) is 5.92 Å². The molecule has 2 rings (SSSR count). The van der Waals surface area contributed by atoms with Gasteiger partial charge < -0.3 is 11.1 Å². The summed E-state index contributed by atoms with van der Waals surface area (Å²) in [7, 11) is 0. The second-order valence-corrected chi connectivity index (χ2v) is 5.06. The molecule has 3 N–H and O–H groups in total. The summed E-state index contributed by atoms with van der Waals surface area (Å²) >= 11 is 0. The quantitative estimate of drug-likeness (QED) is 0.836. The first kappa shape index (κ1) is 12.1. The number of hydrogen-bond donors (Lipinski definition) is 2. The number of hydrogen-bond acceptors (Lipinski definition) is 3. The standard InChI is InChI=1S/C14H21N3/c1-9(2)14(11-4-5-11)17-13-8-12(10(3)15)6-7-16-13/h6-10H,4-5,15H2,1-3H3,(H,16,17). The monoisotopic (exact) mass is 231 g/mol. The molecule has 1 saturated carbocycles. The molecule has 1 atom stereocenters. The van der Waals surface area contributed by atoms with Crippen molar-refractivity contribution in [3.63, 3.8) is 0 Å². The van der Waals surface area contributed by atoms with E-state index in [4.69, 9.17) is 5.73 Å². The molecule has 1 unspecified atom stereocenters. The number of rotatable bonds is 4. The summed E-state index contributed by atoms with van der Waals surface area (Å²) in [6.07, 6.45) is 4.28. The number of nitrogens with two attached hydrogens (primary N) is 1. The molecule has 1 fully saturated rings. The van der Waals surface area contributed by atoms with E-state index in [2.05, 4.69) is 24.1 Å². The predicted molar refractivity (Wildman–Crippen MR) is 71.6 cm³/mol. The van der Waals surface area contributed by atoms with Gasteiger partial charge in [-0.05, 0) is 49.0 Å². The lowest BCUT2D eigenvalue weighted by Crippen LogP contribution is -2.10.